The molecule has 1 unspecified atom stereocenters. The Kier molecular flexibility index (Phi) is 4.16. The summed E-state index contributed by atoms with van der Waals surface area (Å²) in [5.74, 6) is 2.17. The van der Waals surface area contributed by atoms with Crippen LogP contribution >= 0.6 is 0 Å². The lowest BCUT2D eigenvalue weighted by Crippen LogP contribution is -2.30. The lowest BCUT2D eigenvalue weighted by molar-refractivity contribution is 0.0710. The minimum atomic E-state index is -0.217. The maximum absolute atomic E-state index is 12.9. The van der Waals surface area contributed by atoms with E-state index in [4.69, 9.17) is 9.26 Å². The number of ether oxygens (including phenoxy) is 1. The molecule has 0 saturated carbocycles. The average Bonchev–Trinajstić information content (AvgIpc) is 3.40. The van der Waals surface area contributed by atoms with E-state index in [1.165, 1.54) is 0 Å². The van der Waals surface area contributed by atoms with Gasteiger partial charge in [-0.3, -0.25) is 4.79 Å². The number of imidazole rings is 1. The average molecular weight is 353 g/mol. The van der Waals surface area contributed by atoms with Crippen molar-refractivity contribution in [1.82, 2.24) is 24.6 Å². The molecule has 8 nitrogen and oxygen atoms in total. The van der Waals surface area contributed by atoms with E-state index in [2.05, 4.69) is 15.1 Å². The molecule has 0 spiro atoms. The molecule has 1 saturated heterocycles. The molecule has 1 fully saturated rings. The summed E-state index contributed by atoms with van der Waals surface area (Å²) < 4.78 is 12.4. The fourth-order valence-electron chi connectivity index (χ4n) is 3.21. The van der Waals surface area contributed by atoms with Gasteiger partial charge < -0.3 is 18.7 Å². The van der Waals surface area contributed by atoms with Crippen molar-refractivity contribution < 1.29 is 14.1 Å². The summed E-state index contributed by atoms with van der Waals surface area (Å²) in [6.07, 6.45) is 5.19. The standard InChI is InChI=1S/C18H19N5O3/c1-22-11-9-19-16(22)15-20-17(26-21-15)14-4-3-10-23(14)18(24)12-5-7-13(25-2)8-6-12/h5-9,11,14H,3-4,10H2,1-2H3. The van der Waals surface area contributed by atoms with E-state index in [0.717, 1.165) is 18.6 Å². The fourth-order valence-corrected chi connectivity index (χ4v) is 3.21. The summed E-state index contributed by atoms with van der Waals surface area (Å²) in [4.78, 5) is 23.4. The van der Waals surface area contributed by atoms with Gasteiger partial charge in [0.2, 0.25) is 11.7 Å². The number of carbonyl (C=O) groups excluding carboxylic acids is 1. The van der Waals surface area contributed by atoms with Crippen molar-refractivity contribution in [3.05, 3.63) is 48.1 Å². The van der Waals surface area contributed by atoms with Crippen LogP contribution in [-0.2, 0) is 7.05 Å². The van der Waals surface area contributed by atoms with Crippen molar-refractivity contribution in [3.8, 4) is 17.4 Å². The Morgan fingerprint density at radius 3 is 2.81 bits per heavy atom. The topological polar surface area (TPSA) is 86.3 Å². The molecule has 0 bridgehead atoms. The van der Waals surface area contributed by atoms with E-state index in [1.54, 1.807) is 42.5 Å². The van der Waals surface area contributed by atoms with Crippen molar-refractivity contribution in [2.45, 2.75) is 18.9 Å². The summed E-state index contributed by atoms with van der Waals surface area (Å²) in [7, 11) is 3.47. The van der Waals surface area contributed by atoms with Crippen LogP contribution in [0.25, 0.3) is 11.6 Å². The zero-order chi connectivity index (χ0) is 18.1. The van der Waals surface area contributed by atoms with Gasteiger partial charge in [0.05, 0.1) is 7.11 Å². The second-order valence-electron chi connectivity index (χ2n) is 6.20. The number of hydrogen-bond donors (Lipinski definition) is 0. The highest BCUT2D eigenvalue weighted by Crippen LogP contribution is 2.33. The Bertz CT molecular complexity index is 915. The van der Waals surface area contributed by atoms with Crippen LogP contribution in [0.1, 0.15) is 35.1 Å². The predicted octanol–water partition coefficient (Wildman–Crippen LogP) is 2.46. The van der Waals surface area contributed by atoms with Crippen molar-refractivity contribution >= 4 is 5.91 Å². The zero-order valence-corrected chi connectivity index (χ0v) is 14.6. The van der Waals surface area contributed by atoms with Crippen LogP contribution in [-0.4, -0.2) is 44.2 Å². The summed E-state index contributed by atoms with van der Waals surface area (Å²) in [6.45, 7) is 0.662. The SMILES string of the molecule is COc1ccc(C(=O)N2CCCC2c2nc(-c3nccn3C)no2)cc1. The van der Waals surface area contributed by atoms with E-state index in [1.807, 2.05) is 17.8 Å². The highest BCUT2D eigenvalue weighted by Gasteiger charge is 2.34. The number of aromatic nitrogens is 4. The third-order valence-electron chi connectivity index (χ3n) is 4.60. The first-order chi connectivity index (χ1) is 12.7. The molecule has 3 heterocycles. The van der Waals surface area contributed by atoms with E-state index in [-0.39, 0.29) is 11.9 Å². The molecule has 4 rings (SSSR count). The number of hydrogen-bond acceptors (Lipinski definition) is 6. The predicted molar refractivity (Wildman–Crippen MR) is 92.5 cm³/mol. The maximum atomic E-state index is 12.9. The number of nitrogens with zero attached hydrogens (tertiary/aromatic N) is 5. The molecule has 1 aliphatic rings. The number of rotatable bonds is 4. The number of amides is 1. The lowest BCUT2D eigenvalue weighted by atomic mass is 10.1. The summed E-state index contributed by atoms with van der Waals surface area (Å²) in [5, 5.41) is 4.03. The van der Waals surface area contributed by atoms with Crippen molar-refractivity contribution in [1.29, 1.82) is 0 Å². The van der Waals surface area contributed by atoms with Gasteiger partial charge in [0.1, 0.15) is 11.8 Å². The smallest absolute Gasteiger partial charge is 0.254 e. The van der Waals surface area contributed by atoms with Crippen molar-refractivity contribution in [2.24, 2.45) is 7.05 Å². The van der Waals surface area contributed by atoms with Crippen LogP contribution in [0, 0.1) is 0 Å². The molecule has 1 aliphatic heterocycles. The van der Waals surface area contributed by atoms with Gasteiger partial charge in [-0.1, -0.05) is 5.16 Å². The van der Waals surface area contributed by atoms with Gasteiger partial charge in [-0.2, -0.15) is 4.98 Å². The first-order valence-corrected chi connectivity index (χ1v) is 8.43. The quantitative estimate of drug-likeness (QED) is 0.716. The Labute approximate surface area is 150 Å². The molecule has 26 heavy (non-hydrogen) atoms. The van der Waals surface area contributed by atoms with Crippen LogP contribution in [0.15, 0.2) is 41.2 Å². The van der Waals surface area contributed by atoms with Crippen LogP contribution in [0.5, 0.6) is 5.75 Å². The first kappa shape index (κ1) is 16.3. The molecule has 1 atom stereocenters. The maximum Gasteiger partial charge on any atom is 0.254 e. The lowest BCUT2D eigenvalue weighted by Gasteiger charge is -2.22. The highest BCUT2D eigenvalue weighted by atomic mass is 16.5. The molecule has 2 aromatic heterocycles. The van der Waals surface area contributed by atoms with Crippen LogP contribution in [0.3, 0.4) is 0 Å². The van der Waals surface area contributed by atoms with E-state index >= 15 is 0 Å². The second kappa shape index (κ2) is 6.62. The van der Waals surface area contributed by atoms with Crippen LogP contribution in [0.4, 0.5) is 0 Å². The van der Waals surface area contributed by atoms with Gasteiger partial charge in [-0.15, -0.1) is 0 Å². The summed E-state index contributed by atoms with van der Waals surface area (Å²) in [5.41, 5.74) is 0.613. The molecular weight excluding hydrogens is 334 g/mol. The first-order valence-electron chi connectivity index (χ1n) is 8.43. The van der Waals surface area contributed by atoms with Crippen molar-refractivity contribution in [2.75, 3.05) is 13.7 Å². The van der Waals surface area contributed by atoms with E-state index in [0.29, 0.717) is 29.6 Å². The van der Waals surface area contributed by atoms with Gasteiger partial charge in [-0.05, 0) is 37.1 Å². The zero-order valence-electron chi connectivity index (χ0n) is 14.6. The normalized spacial score (nSPS) is 16.8. The Hall–Kier alpha value is -3.16. The fraction of sp³-hybridized carbons (Fsp3) is 0.333. The van der Waals surface area contributed by atoms with Crippen molar-refractivity contribution in [3.63, 3.8) is 0 Å². The number of aryl methyl sites for hydroxylation is 1. The molecular formula is C18H19N5O3. The Balaban J connectivity index is 1.57. The molecule has 3 aromatic rings. The number of carbonyl (C=O) groups is 1. The Morgan fingerprint density at radius 1 is 1.31 bits per heavy atom. The number of methoxy groups -OCH3 is 1. The second-order valence-corrected chi connectivity index (χ2v) is 6.20. The van der Waals surface area contributed by atoms with Gasteiger partial charge in [0.15, 0.2) is 5.82 Å². The minimum absolute atomic E-state index is 0.0492. The molecule has 0 aliphatic carbocycles. The molecule has 8 heteroatoms. The molecule has 1 amide bonds. The van der Waals surface area contributed by atoms with Gasteiger partial charge in [0.25, 0.3) is 5.91 Å². The van der Waals surface area contributed by atoms with Crippen LogP contribution < -0.4 is 4.74 Å². The largest absolute Gasteiger partial charge is 0.497 e. The monoisotopic (exact) mass is 353 g/mol. The third-order valence-corrected chi connectivity index (χ3v) is 4.60. The summed E-state index contributed by atoms with van der Waals surface area (Å²) in [6, 6.07) is 6.88. The molecule has 0 radical (unpaired) electrons. The van der Waals surface area contributed by atoms with Gasteiger partial charge in [-0.25, -0.2) is 4.98 Å². The number of benzene rings is 1. The third kappa shape index (κ3) is 2.83. The van der Waals surface area contributed by atoms with Gasteiger partial charge >= 0.3 is 0 Å². The van der Waals surface area contributed by atoms with E-state index in [9.17, 15) is 4.79 Å². The number of likely N-dealkylation sites (tertiary alicyclic amines) is 1. The molecule has 0 N–H and O–H groups in total. The highest BCUT2D eigenvalue weighted by molar-refractivity contribution is 5.94. The Morgan fingerprint density at radius 2 is 2.12 bits per heavy atom. The molecule has 134 valence electrons. The van der Waals surface area contributed by atoms with E-state index < -0.39 is 0 Å². The van der Waals surface area contributed by atoms with Gasteiger partial charge in [0, 0.05) is 31.5 Å². The minimum Gasteiger partial charge on any atom is -0.497 e. The van der Waals surface area contributed by atoms with Crippen LogP contribution in [0.2, 0.25) is 0 Å². The summed E-state index contributed by atoms with van der Waals surface area (Å²) >= 11 is 0. The molecule has 1 aromatic carbocycles.